The Hall–Kier alpha value is -1.88. The van der Waals surface area contributed by atoms with Gasteiger partial charge in [-0.05, 0) is 19.1 Å². The van der Waals surface area contributed by atoms with E-state index >= 15 is 0 Å². The molecule has 1 aromatic carbocycles. The number of carboxylic acids is 1. The Labute approximate surface area is 92.7 Å². The van der Waals surface area contributed by atoms with Crippen LogP contribution in [0.1, 0.15) is 27.6 Å². The van der Waals surface area contributed by atoms with Crippen molar-refractivity contribution in [3.8, 4) is 0 Å². The van der Waals surface area contributed by atoms with E-state index in [0.29, 0.717) is 0 Å². The molecule has 16 heavy (non-hydrogen) atoms. The number of carbonyl (C=O) groups excluding carboxylic acids is 1. The van der Waals surface area contributed by atoms with Crippen LogP contribution >= 0.6 is 0 Å². The zero-order valence-electron chi connectivity index (χ0n) is 8.80. The summed E-state index contributed by atoms with van der Waals surface area (Å²) < 4.78 is 0. The van der Waals surface area contributed by atoms with E-state index in [0.717, 1.165) is 0 Å². The molecule has 0 heterocycles. The molecule has 0 radical (unpaired) electrons. The lowest BCUT2D eigenvalue weighted by Gasteiger charge is -2.08. The van der Waals surface area contributed by atoms with Crippen LogP contribution in [0.2, 0.25) is 0 Å². The molecule has 1 amide bonds. The topological polar surface area (TPSA) is 86.6 Å². The van der Waals surface area contributed by atoms with Gasteiger partial charge in [-0.3, -0.25) is 4.79 Å². The molecular weight excluding hydrogens is 210 g/mol. The first-order valence-electron chi connectivity index (χ1n) is 4.81. The number of benzene rings is 1. The van der Waals surface area contributed by atoms with Gasteiger partial charge in [0, 0.05) is 6.54 Å². The number of carbonyl (C=O) groups is 2. The molecule has 3 N–H and O–H groups in total. The number of hydrogen-bond donors (Lipinski definition) is 3. The minimum Gasteiger partial charge on any atom is -0.478 e. The maximum atomic E-state index is 11.6. The molecule has 0 aliphatic heterocycles. The van der Waals surface area contributed by atoms with Gasteiger partial charge in [-0.25, -0.2) is 4.79 Å². The summed E-state index contributed by atoms with van der Waals surface area (Å²) in [4.78, 5) is 22.4. The van der Waals surface area contributed by atoms with Gasteiger partial charge in [0.25, 0.3) is 5.91 Å². The van der Waals surface area contributed by atoms with Crippen molar-refractivity contribution in [1.82, 2.24) is 5.32 Å². The fourth-order valence-electron chi connectivity index (χ4n) is 1.20. The van der Waals surface area contributed by atoms with E-state index in [2.05, 4.69) is 5.32 Å². The minimum atomic E-state index is -1.15. The standard InChI is InChI=1S/C11H13NO4/c1-7(13)6-12-10(14)8-4-2-3-5-9(8)11(15)16/h2-5,7,13H,6H2,1H3,(H,12,14)(H,15,16). The van der Waals surface area contributed by atoms with E-state index < -0.39 is 18.0 Å². The second-order valence-electron chi connectivity index (χ2n) is 3.41. The Bertz CT molecular complexity index is 401. The van der Waals surface area contributed by atoms with Gasteiger partial charge in [0.1, 0.15) is 0 Å². The molecule has 0 aliphatic rings. The SMILES string of the molecule is CC(O)CNC(=O)c1ccccc1C(=O)O. The summed E-state index contributed by atoms with van der Waals surface area (Å²) in [7, 11) is 0. The molecule has 1 rings (SSSR count). The highest BCUT2D eigenvalue weighted by atomic mass is 16.4. The zero-order chi connectivity index (χ0) is 12.1. The fourth-order valence-corrected chi connectivity index (χ4v) is 1.20. The highest BCUT2D eigenvalue weighted by Crippen LogP contribution is 2.08. The summed E-state index contributed by atoms with van der Waals surface area (Å²) in [5.74, 6) is -1.65. The molecule has 0 saturated heterocycles. The molecule has 0 saturated carbocycles. The molecule has 1 unspecified atom stereocenters. The summed E-state index contributed by atoms with van der Waals surface area (Å²) in [5, 5.41) is 20.3. The highest BCUT2D eigenvalue weighted by Gasteiger charge is 2.15. The first-order chi connectivity index (χ1) is 7.52. The van der Waals surface area contributed by atoms with Crippen molar-refractivity contribution in [2.75, 3.05) is 6.54 Å². The van der Waals surface area contributed by atoms with Crippen molar-refractivity contribution in [2.24, 2.45) is 0 Å². The van der Waals surface area contributed by atoms with Gasteiger partial charge in [-0.2, -0.15) is 0 Å². The van der Waals surface area contributed by atoms with Crippen molar-refractivity contribution >= 4 is 11.9 Å². The first kappa shape index (κ1) is 12.2. The maximum Gasteiger partial charge on any atom is 0.336 e. The number of aromatic carboxylic acids is 1. The third kappa shape index (κ3) is 3.06. The minimum absolute atomic E-state index is 0.0504. The van der Waals surface area contributed by atoms with Gasteiger partial charge < -0.3 is 15.5 Å². The second-order valence-corrected chi connectivity index (χ2v) is 3.41. The Morgan fingerprint density at radius 3 is 2.38 bits per heavy atom. The normalized spacial score (nSPS) is 11.9. The van der Waals surface area contributed by atoms with Crippen molar-refractivity contribution in [1.29, 1.82) is 0 Å². The van der Waals surface area contributed by atoms with Crippen LogP contribution in [-0.4, -0.2) is 34.7 Å². The second kappa shape index (κ2) is 5.27. The Kier molecular flexibility index (Phi) is 4.02. The van der Waals surface area contributed by atoms with Crippen molar-refractivity contribution < 1.29 is 19.8 Å². The third-order valence-corrected chi connectivity index (χ3v) is 1.96. The lowest BCUT2D eigenvalue weighted by atomic mass is 10.1. The average molecular weight is 223 g/mol. The lowest BCUT2D eigenvalue weighted by molar-refractivity contribution is 0.0690. The van der Waals surface area contributed by atoms with Crippen molar-refractivity contribution in [3.63, 3.8) is 0 Å². The summed E-state index contributed by atoms with van der Waals surface area (Å²) in [5.41, 5.74) is 0.0428. The first-order valence-corrected chi connectivity index (χ1v) is 4.81. The smallest absolute Gasteiger partial charge is 0.336 e. The third-order valence-electron chi connectivity index (χ3n) is 1.96. The van der Waals surface area contributed by atoms with Gasteiger partial charge in [0.05, 0.1) is 17.2 Å². The molecule has 0 aromatic heterocycles. The molecule has 0 fully saturated rings. The number of hydrogen-bond acceptors (Lipinski definition) is 3. The summed E-state index contributed by atoms with van der Waals surface area (Å²) in [6, 6.07) is 5.93. The summed E-state index contributed by atoms with van der Waals surface area (Å²) in [6.07, 6.45) is -0.666. The summed E-state index contributed by atoms with van der Waals surface area (Å²) >= 11 is 0. The molecule has 5 nitrogen and oxygen atoms in total. The van der Waals surface area contributed by atoms with E-state index in [1.807, 2.05) is 0 Å². The molecule has 5 heteroatoms. The molecule has 1 aromatic rings. The lowest BCUT2D eigenvalue weighted by Crippen LogP contribution is -2.31. The molecule has 0 spiro atoms. The van der Waals surface area contributed by atoms with E-state index in [1.165, 1.54) is 19.1 Å². The monoisotopic (exact) mass is 223 g/mol. The number of aliphatic hydroxyl groups excluding tert-OH is 1. The van der Waals surface area contributed by atoms with E-state index in [9.17, 15) is 9.59 Å². The van der Waals surface area contributed by atoms with Crippen LogP contribution in [0.25, 0.3) is 0 Å². The maximum absolute atomic E-state index is 11.6. The van der Waals surface area contributed by atoms with Crippen LogP contribution in [0, 0.1) is 0 Å². The van der Waals surface area contributed by atoms with Gasteiger partial charge >= 0.3 is 5.97 Å². The fraction of sp³-hybridized carbons (Fsp3) is 0.273. The van der Waals surface area contributed by atoms with Gasteiger partial charge in [0.15, 0.2) is 0 Å². The number of rotatable bonds is 4. The van der Waals surface area contributed by atoms with Crippen LogP contribution < -0.4 is 5.32 Å². The van der Waals surface area contributed by atoms with Gasteiger partial charge in [-0.15, -0.1) is 0 Å². The predicted octanol–water partition coefficient (Wildman–Crippen LogP) is 0.495. The molecule has 0 bridgehead atoms. The molecule has 86 valence electrons. The highest BCUT2D eigenvalue weighted by molar-refractivity contribution is 6.04. The number of aliphatic hydroxyl groups is 1. The van der Waals surface area contributed by atoms with Crippen molar-refractivity contribution in [3.05, 3.63) is 35.4 Å². The van der Waals surface area contributed by atoms with Crippen LogP contribution in [0.15, 0.2) is 24.3 Å². The molecule has 0 aliphatic carbocycles. The molecule has 1 atom stereocenters. The number of carboxylic acid groups (broad SMARTS) is 1. The Morgan fingerprint density at radius 2 is 1.88 bits per heavy atom. The predicted molar refractivity (Wildman–Crippen MR) is 57.4 cm³/mol. The summed E-state index contributed by atoms with van der Waals surface area (Å²) in [6.45, 7) is 1.62. The van der Waals surface area contributed by atoms with Gasteiger partial charge in [0.2, 0.25) is 0 Å². The van der Waals surface area contributed by atoms with Crippen molar-refractivity contribution in [2.45, 2.75) is 13.0 Å². The van der Waals surface area contributed by atoms with E-state index in [1.54, 1.807) is 12.1 Å². The van der Waals surface area contributed by atoms with Crippen LogP contribution in [0.5, 0.6) is 0 Å². The largest absolute Gasteiger partial charge is 0.478 e. The quantitative estimate of drug-likeness (QED) is 0.693. The Morgan fingerprint density at radius 1 is 1.31 bits per heavy atom. The van der Waals surface area contributed by atoms with Crippen LogP contribution in [-0.2, 0) is 0 Å². The molecular formula is C11H13NO4. The van der Waals surface area contributed by atoms with Gasteiger partial charge in [-0.1, -0.05) is 12.1 Å². The number of amides is 1. The number of nitrogens with one attached hydrogen (secondary N) is 1. The Balaban J connectivity index is 2.86. The van der Waals surface area contributed by atoms with E-state index in [-0.39, 0.29) is 17.7 Å². The zero-order valence-corrected chi connectivity index (χ0v) is 8.80. The van der Waals surface area contributed by atoms with E-state index in [4.69, 9.17) is 10.2 Å². The van der Waals surface area contributed by atoms with Crippen LogP contribution in [0.4, 0.5) is 0 Å². The van der Waals surface area contributed by atoms with Crippen LogP contribution in [0.3, 0.4) is 0 Å². The average Bonchev–Trinajstić information content (AvgIpc) is 2.25.